The fourth-order valence-electron chi connectivity index (χ4n) is 0.996. The number of halogens is 1. The Hall–Kier alpha value is -1.56. The third kappa shape index (κ3) is 2.96. The minimum Gasteiger partial charge on any atom is -0.507 e. The van der Waals surface area contributed by atoms with Crippen LogP contribution in [0.3, 0.4) is 0 Å². The third-order valence-corrected chi connectivity index (χ3v) is 2.60. The molecule has 0 unspecified atom stereocenters. The van der Waals surface area contributed by atoms with E-state index in [2.05, 4.69) is 21.2 Å². The number of hydrogen-bond acceptors (Lipinski definition) is 3. The molecule has 86 valence electrons. The van der Waals surface area contributed by atoms with Gasteiger partial charge in [0, 0.05) is 5.56 Å². The van der Waals surface area contributed by atoms with Gasteiger partial charge < -0.3 is 15.5 Å². The Balaban J connectivity index is 2.81. The predicted molar refractivity (Wildman–Crippen MR) is 60.4 cm³/mol. The largest absolute Gasteiger partial charge is 0.507 e. The molecule has 1 rings (SSSR count). The van der Waals surface area contributed by atoms with Crippen molar-refractivity contribution >= 4 is 27.8 Å². The lowest BCUT2D eigenvalue weighted by Gasteiger charge is -2.09. The molecule has 0 aliphatic carbocycles. The van der Waals surface area contributed by atoms with Crippen molar-refractivity contribution in [3.05, 3.63) is 28.2 Å². The van der Waals surface area contributed by atoms with Crippen LogP contribution in [0.15, 0.2) is 22.7 Å². The maximum Gasteiger partial charge on any atom is 0.325 e. The quantitative estimate of drug-likeness (QED) is 0.783. The van der Waals surface area contributed by atoms with Gasteiger partial charge in [-0.05, 0) is 41.1 Å². The van der Waals surface area contributed by atoms with Crippen LogP contribution in [0.4, 0.5) is 0 Å². The zero-order valence-corrected chi connectivity index (χ0v) is 9.98. The summed E-state index contributed by atoms with van der Waals surface area (Å²) in [4.78, 5) is 22.0. The molecule has 16 heavy (non-hydrogen) atoms. The van der Waals surface area contributed by atoms with Gasteiger partial charge in [0.15, 0.2) is 0 Å². The van der Waals surface area contributed by atoms with E-state index in [1.807, 2.05) is 0 Å². The van der Waals surface area contributed by atoms with Crippen LogP contribution in [-0.2, 0) is 4.79 Å². The van der Waals surface area contributed by atoms with E-state index in [4.69, 9.17) is 5.11 Å². The molecule has 1 aromatic rings. The van der Waals surface area contributed by atoms with Crippen LogP contribution in [0, 0.1) is 0 Å². The van der Waals surface area contributed by atoms with Gasteiger partial charge in [-0.2, -0.15) is 0 Å². The molecular weight excluding hydrogens is 278 g/mol. The molecule has 0 heterocycles. The second kappa shape index (κ2) is 4.98. The number of carboxylic acid groups (broad SMARTS) is 1. The van der Waals surface area contributed by atoms with Crippen LogP contribution >= 0.6 is 15.9 Å². The van der Waals surface area contributed by atoms with Crippen molar-refractivity contribution in [3.63, 3.8) is 0 Å². The van der Waals surface area contributed by atoms with Gasteiger partial charge in [0.05, 0.1) is 4.47 Å². The number of aromatic hydroxyl groups is 1. The van der Waals surface area contributed by atoms with Gasteiger partial charge in [-0.1, -0.05) is 0 Å². The SMILES string of the molecule is C[C@@H](NC(=O)c1ccc(Br)c(O)c1)C(=O)O. The van der Waals surface area contributed by atoms with E-state index in [9.17, 15) is 14.7 Å². The van der Waals surface area contributed by atoms with Crippen LogP contribution in [0.25, 0.3) is 0 Å². The zero-order chi connectivity index (χ0) is 12.3. The molecule has 1 amide bonds. The van der Waals surface area contributed by atoms with E-state index in [1.165, 1.54) is 25.1 Å². The van der Waals surface area contributed by atoms with E-state index >= 15 is 0 Å². The molecule has 0 fully saturated rings. The molecule has 0 aliphatic heterocycles. The molecule has 0 spiro atoms. The average molecular weight is 288 g/mol. The highest BCUT2D eigenvalue weighted by Gasteiger charge is 2.15. The molecule has 6 heteroatoms. The number of aliphatic carboxylic acids is 1. The molecular formula is C10H10BrNO4. The first kappa shape index (κ1) is 12.5. The normalized spacial score (nSPS) is 11.9. The molecule has 5 nitrogen and oxygen atoms in total. The average Bonchev–Trinajstić information content (AvgIpc) is 2.21. The summed E-state index contributed by atoms with van der Waals surface area (Å²) < 4.78 is 0.468. The number of amides is 1. The first-order valence-corrected chi connectivity index (χ1v) is 5.23. The summed E-state index contributed by atoms with van der Waals surface area (Å²) in [6.45, 7) is 1.36. The summed E-state index contributed by atoms with van der Waals surface area (Å²) in [5.74, 6) is -1.73. The van der Waals surface area contributed by atoms with Gasteiger partial charge >= 0.3 is 5.97 Å². The Labute approximate surface area is 100 Å². The molecule has 0 radical (unpaired) electrons. The molecule has 0 bridgehead atoms. The van der Waals surface area contributed by atoms with E-state index in [0.29, 0.717) is 4.47 Å². The van der Waals surface area contributed by atoms with Crippen molar-refractivity contribution < 1.29 is 19.8 Å². The van der Waals surface area contributed by atoms with Gasteiger partial charge in [-0.15, -0.1) is 0 Å². The number of phenols is 1. The summed E-state index contributed by atoms with van der Waals surface area (Å²) >= 11 is 3.08. The van der Waals surface area contributed by atoms with Crippen LogP contribution < -0.4 is 5.32 Å². The molecule has 1 aromatic carbocycles. The Morgan fingerprint density at radius 3 is 2.56 bits per heavy atom. The lowest BCUT2D eigenvalue weighted by Crippen LogP contribution is -2.38. The molecule has 0 saturated heterocycles. The minimum atomic E-state index is -1.12. The minimum absolute atomic E-state index is 0.0735. The number of benzene rings is 1. The second-order valence-electron chi connectivity index (χ2n) is 3.20. The highest BCUT2D eigenvalue weighted by Crippen LogP contribution is 2.24. The van der Waals surface area contributed by atoms with Crippen molar-refractivity contribution in [2.45, 2.75) is 13.0 Å². The highest BCUT2D eigenvalue weighted by atomic mass is 79.9. The standard InChI is InChI=1S/C10H10BrNO4/c1-5(10(15)16)12-9(14)6-2-3-7(11)8(13)4-6/h2-5,13H,1H3,(H,12,14)(H,15,16)/t5-/m1/s1. The summed E-state index contributed by atoms with van der Waals surface area (Å²) in [7, 11) is 0. The molecule has 0 aromatic heterocycles. The number of carbonyl (C=O) groups is 2. The topological polar surface area (TPSA) is 86.6 Å². The van der Waals surface area contributed by atoms with E-state index in [1.54, 1.807) is 0 Å². The first-order valence-electron chi connectivity index (χ1n) is 4.44. The number of phenolic OH excluding ortho intramolecular Hbond substituents is 1. The third-order valence-electron chi connectivity index (χ3n) is 1.93. The molecule has 1 atom stereocenters. The van der Waals surface area contributed by atoms with Crippen LogP contribution in [0.5, 0.6) is 5.75 Å². The lowest BCUT2D eigenvalue weighted by molar-refractivity contribution is -0.138. The summed E-state index contributed by atoms with van der Waals surface area (Å²) in [6.07, 6.45) is 0. The van der Waals surface area contributed by atoms with Crippen LogP contribution in [-0.4, -0.2) is 28.1 Å². The molecule has 0 saturated carbocycles. The zero-order valence-electron chi connectivity index (χ0n) is 8.40. The highest BCUT2D eigenvalue weighted by molar-refractivity contribution is 9.10. The summed E-state index contributed by atoms with van der Waals surface area (Å²) in [5.41, 5.74) is 0.203. The molecule has 3 N–H and O–H groups in total. The monoisotopic (exact) mass is 287 g/mol. The molecule has 0 aliphatic rings. The fourth-order valence-corrected chi connectivity index (χ4v) is 1.24. The Kier molecular flexibility index (Phi) is 3.89. The van der Waals surface area contributed by atoms with Gasteiger partial charge in [-0.25, -0.2) is 0 Å². The smallest absolute Gasteiger partial charge is 0.325 e. The second-order valence-corrected chi connectivity index (χ2v) is 4.05. The van der Waals surface area contributed by atoms with Gasteiger partial charge in [0.25, 0.3) is 5.91 Å². The maximum absolute atomic E-state index is 11.5. The van der Waals surface area contributed by atoms with E-state index < -0.39 is 17.9 Å². The van der Waals surface area contributed by atoms with Gasteiger partial charge in [-0.3, -0.25) is 9.59 Å². The number of carbonyl (C=O) groups excluding carboxylic acids is 1. The van der Waals surface area contributed by atoms with Crippen molar-refractivity contribution in [1.82, 2.24) is 5.32 Å². The van der Waals surface area contributed by atoms with E-state index in [0.717, 1.165) is 0 Å². The van der Waals surface area contributed by atoms with Crippen molar-refractivity contribution in [2.24, 2.45) is 0 Å². The van der Waals surface area contributed by atoms with Crippen LogP contribution in [0.1, 0.15) is 17.3 Å². The Morgan fingerprint density at radius 1 is 1.44 bits per heavy atom. The lowest BCUT2D eigenvalue weighted by atomic mass is 10.2. The van der Waals surface area contributed by atoms with Gasteiger partial charge in [0.2, 0.25) is 0 Å². The van der Waals surface area contributed by atoms with Crippen molar-refractivity contribution in [3.8, 4) is 5.75 Å². The van der Waals surface area contributed by atoms with Crippen molar-refractivity contribution in [1.29, 1.82) is 0 Å². The number of hydrogen-bond donors (Lipinski definition) is 3. The Bertz CT molecular complexity index is 433. The predicted octanol–water partition coefficient (Wildman–Crippen LogP) is 1.36. The van der Waals surface area contributed by atoms with Crippen molar-refractivity contribution in [2.75, 3.05) is 0 Å². The number of rotatable bonds is 3. The summed E-state index contributed by atoms with van der Waals surface area (Å²) in [5, 5.41) is 20.2. The number of carboxylic acids is 1. The first-order chi connectivity index (χ1) is 7.41. The Morgan fingerprint density at radius 2 is 2.06 bits per heavy atom. The van der Waals surface area contributed by atoms with E-state index in [-0.39, 0.29) is 11.3 Å². The fraction of sp³-hybridized carbons (Fsp3) is 0.200. The maximum atomic E-state index is 11.5. The summed E-state index contributed by atoms with van der Waals surface area (Å²) in [6, 6.07) is 3.27. The number of nitrogens with one attached hydrogen (secondary N) is 1. The van der Waals surface area contributed by atoms with Crippen LogP contribution in [0.2, 0.25) is 0 Å². The van der Waals surface area contributed by atoms with Gasteiger partial charge in [0.1, 0.15) is 11.8 Å².